The number of halogens is 2. The molecule has 4 rings (SSSR count). The lowest BCUT2D eigenvalue weighted by Crippen LogP contribution is -2.48. The maximum Gasteiger partial charge on any atom is 0.257 e. The summed E-state index contributed by atoms with van der Waals surface area (Å²) >= 11 is 12.0. The van der Waals surface area contributed by atoms with Crippen LogP contribution < -0.4 is 15.7 Å². The van der Waals surface area contributed by atoms with Gasteiger partial charge in [-0.05, 0) is 54.3 Å². The third-order valence-corrected chi connectivity index (χ3v) is 5.60. The first-order valence-corrected chi connectivity index (χ1v) is 9.24. The average molecular weight is 402 g/mol. The monoisotopic (exact) mass is 401 g/mol. The minimum atomic E-state index is -1.10. The van der Waals surface area contributed by atoms with Gasteiger partial charge in [-0.3, -0.25) is 4.79 Å². The summed E-state index contributed by atoms with van der Waals surface area (Å²) in [4.78, 5) is 24.0. The predicted octanol–water partition coefficient (Wildman–Crippen LogP) is 3.45. The Kier molecular flexibility index (Phi) is 4.58. The van der Waals surface area contributed by atoms with Crippen LogP contribution in [0.3, 0.4) is 0 Å². The Morgan fingerprint density at radius 2 is 1.96 bits per heavy atom. The number of carbonyl (C=O) groups excluding carboxylic acids is 2. The Balaban J connectivity index is 1.62. The van der Waals surface area contributed by atoms with E-state index < -0.39 is 12.0 Å². The van der Waals surface area contributed by atoms with E-state index in [9.17, 15) is 14.7 Å². The Labute approximate surface area is 166 Å². The van der Waals surface area contributed by atoms with E-state index in [0.29, 0.717) is 22.7 Å². The van der Waals surface area contributed by atoms with Gasteiger partial charge in [0.15, 0.2) is 0 Å². The summed E-state index contributed by atoms with van der Waals surface area (Å²) in [5, 5.41) is 18.1. The van der Waals surface area contributed by atoms with Gasteiger partial charge in [-0.15, -0.1) is 0 Å². The molecule has 3 atom stereocenters. The van der Waals surface area contributed by atoms with Crippen LogP contribution in [0.25, 0.3) is 0 Å². The molecule has 0 bridgehead atoms. The molecule has 2 aromatic carbocycles. The summed E-state index contributed by atoms with van der Waals surface area (Å²) in [6.45, 7) is 0. The van der Waals surface area contributed by atoms with Crippen molar-refractivity contribution in [3.63, 3.8) is 0 Å². The fraction of sp³-hybridized carbons (Fsp3) is 0.200. The van der Waals surface area contributed by atoms with Gasteiger partial charge in [0, 0.05) is 22.3 Å². The van der Waals surface area contributed by atoms with Crippen molar-refractivity contribution in [3.05, 3.63) is 69.7 Å². The smallest absolute Gasteiger partial charge is 0.257 e. The molecule has 2 aromatic rings. The van der Waals surface area contributed by atoms with Crippen molar-refractivity contribution < 1.29 is 14.7 Å². The van der Waals surface area contributed by atoms with E-state index in [1.54, 1.807) is 24.3 Å². The zero-order valence-corrected chi connectivity index (χ0v) is 15.6. The molecule has 0 aromatic heterocycles. The Bertz CT molecular complexity index is 974. The molecule has 138 valence electrons. The number of allylic oxidation sites excluding steroid dienone is 2. The van der Waals surface area contributed by atoms with E-state index in [-0.39, 0.29) is 22.8 Å². The van der Waals surface area contributed by atoms with Gasteiger partial charge < -0.3 is 20.5 Å². The van der Waals surface area contributed by atoms with Crippen molar-refractivity contribution in [1.29, 1.82) is 0 Å². The molecule has 1 amide bonds. The molecule has 27 heavy (non-hydrogen) atoms. The molecular weight excluding hydrogens is 387 g/mol. The number of nitrogens with one attached hydrogen (secondary N) is 2. The first-order valence-electron chi connectivity index (χ1n) is 8.48. The summed E-state index contributed by atoms with van der Waals surface area (Å²) < 4.78 is 0. The van der Waals surface area contributed by atoms with Crippen molar-refractivity contribution in [2.75, 3.05) is 10.6 Å². The quantitative estimate of drug-likeness (QED) is 0.771. The number of hydrogen-bond donors (Lipinski definition) is 2. The van der Waals surface area contributed by atoms with Gasteiger partial charge >= 0.3 is 0 Å². The van der Waals surface area contributed by atoms with Crippen LogP contribution in [0, 0.1) is 5.92 Å². The lowest BCUT2D eigenvalue weighted by Gasteiger charge is -2.37. The number of amides is 1. The van der Waals surface area contributed by atoms with Crippen LogP contribution in [0.4, 0.5) is 11.4 Å². The molecule has 0 saturated heterocycles. The number of carboxylic acid groups (broad SMARTS) is 1. The molecule has 0 unspecified atom stereocenters. The molecule has 1 heterocycles. The van der Waals surface area contributed by atoms with Gasteiger partial charge in [-0.25, -0.2) is 0 Å². The molecule has 0 spiro atoms. The van der Waals surface area contributed by atoms with Crippen LogP contribution in [0.1, 0.15) is 28.3 Å². The molecule has 0 saturated carbocycles. The van der Waals surface area contributed by atoms with E-state index in [0.717, 1.165) is 11.3 Å². The highest BCUT2D eigenvalue weighted by Crippen LogP contribution is 2.45. The third-order valence-electron chi connectivity index (χ3n) is 5.05. The van der Waals surface area contributed by atoms with Crippen molar-refractivity contribution in [3.8, 4) is 0 Å². The van der Waals surface area contributed by atoms with Gasteiger partial charge in [0.05, 0.1) is 22.6 Å². The molecule has 2 aliphatic rings. The number of carbonyl (C=O) groups is 2. The maximum absolute atomic E-state index is 12.5. The average Bonchev–Trinajstić information content (AvgIpc) is 3.10. The zero-order chi connectivity index (χ0) is 19.1. The SMILES string of the molecule is O=C(Nc1ccc2c(c1)[C@H]1C=CC[C@H]1[C@@H](C(=O)[O-])N2)c1ccc(Cl)cc1Cl. The van der Waals surface area contributed by atoms with Gasteiger partial charge in [-0.1, -0.05) is 35.4 Å². The number of aliphatic carboxylic acids is 1. The predicted molar refractivity (Wildman–Crippen MR) is 103 cm³/mol. The number of rotatable bonds is 3. The largest absolute Gasteiger partial charge is 0.548 e. The van der Waals surface area contributed by atoms with Gasteiger partial charge in [0.25, 0.3) is 5.91 Å². The van der Waals surface area contributed by atoms with E-state index in [1.807, 2.05) is 18.2 Å². The van der Waals surface area contributed by atoms with Gasteiger partial charge in [0.1, 0.15) is 0 Å². The van der Waals surface area contributed by atoms with Crippen LogP contribution in [0.15, 0.2) is 48.6 Å². The van der Waals surface area contributed by atoms with Crippen LogP contribution in [-0.4, -0.2) is 17.9 Å². The number of anilines is 2. The highest BCUT2D eigenvalue weighted by atomic mass is 35.5. The number of benzene rings is 2. The topological polar surface area (TPSA) is 81.3 Å². The van der Waals surface area contributed by atoms with E-state index in [4.69, 9.17) is 23.2 Å². The van der Waals surface area contributed by atoms with Crippen molar-refractivity contribution in [2.24, 2.45) is 5.92 Å². The number of fused-ring (bicyclic) bond motifs is 3. The molecule has 2 N–H and O–H groups in total. The Morgan fingerprint density at radius 3 is 2.70 bits per heavy atom. The van der Waals surface area contributed by atoms with E-state index in [2.05, 4.69) is 10.6 Å². The lowest BCUT2D eigenvalue weighted by atomic mass is 9.79. The fourth-order valence-corrected chi connectivity index (χ4v) is 4.27. The molecular formula is C20H15Cl2N2O3-. The maximum atomic E-state index is 12.5. The summed E-state index contributed by atoms with van der Waals surface area (Å²) in [7, 11) is 0. The summed E-state index contributed by atoms with van der Waals surface area (Å²) in [5.74, 6) is -1.57. The summed E-state index contributed by atoms with van der Waals surface area (Å²) in [6.07, 6.45) is 4.68. The van der Waals surface area contributed by atoms with Crippen LogP contribution >= 0.6 is 23.2 Å². The van der Waals surface area contributed by atoms with Crippen molar-refractivity contribution in [2.45, 2.75) is 18.4 Å². The number of carboxylic acids is 1. The molecule has 1 aliphatic carbocycles. The zero-order valence-electron chi connectivity index (χ0n) is 14.0. The first-order chi connectivity index (χ1) is 12.9. The minimum absolute atomic E-state index is 0.0277. The van der Waals surface area contributed by atoms with Crippen LogP contribution in [0.5, 0.6) is 0 Å². The van der Waals surface area contributed by atoms with Crippen LogP contribution in [-0.2, 0) is 4.79 Å². The van der Waals surface area contributed by atoms with Gasteiger partial charge in [-0.2, -0.15) is 0 Å². The fourth-order valence-electron chi connectivity index (χ4n) is 3.78. The highest BCUT2D eigenvalue weighted by molar-refractivity contribution is 6.37. The normalized spacial score (nSPS) is 22.5. The molecule has 5 nitrogen and oxygen atoms in total. The second-order valence-electron chi connectivity index (χ2n) is 6.67. The van der Waals surface area contributed by atoms with Gasteiger partial charge in [0.2, 0.25) is 0 Å². The summed E-state index contributed by atoms with van der Waals surface area (Å²) in [6, 6.07) is 9.32. The molecule has 0 fully saturated rings. The standard InChI is InChI=1S/C20H16Cl2N2O3/c21-10-4-6-14(16(22)8-10)19(25)23-11-5-7-17-15(9-11)12-2-1-3-13(12)18(24-17)20(26)27/h1-2,4-9,12-13,18,24H,3H2,(H,23,25)(H,26,27)/p-1/t12-,13+,18-/m0/s1. The van der Waals surface area contributed by atoms with Crippen molar-refractivity contribution >= 4 is 46.5 Å². The second kappa shape index (κ2) is 6.91. The summed E-state index contributed by atoms with van der Waals surface area (Å²) in [5.41, 5.74) is 2.62. The molecule has 1 aliphatic heterocycles. The van der Waals surface area contributed by atoms with Crippen molar-refractivity contribution in [1.82, 2.24) is 0 Å². The van der Waals surface area contributed by atoms with E-state index in [1.165, 1.54) is 6.07 Å². The minimum Gasteiger partial charge on any atom is -0.548 e. The third kappa shape index (κ3) is 3.29. The molecule has 0 radical (unpaired) electrons. The lowest BCUT2D eigenvalue weighted by molar-refractivity contribution is -0.308. The van der Waals surface area contributed by atoms with Crippen LogP contribution in [0.2, 0.25) is 10.0 Å². The first kappa shape index (κ1) is 17.9. The number of hydrogen-bond acceptors (Lipinski definition) is 4. The molecule has 7 heteroatoms. The highest BCUT2D eigenvalue weighted by Gasteiger charge is 2.37. The van der Waals surface area contributed by atoms with E-state index >= 15 is 0 Å². The second-order valence-corrected chi connectivity index (χ2v) is 7.52. The Morgan fingerprint density at radius 1 is 1.15 bits per heavy atom. The Hall–Kier alpha value is -2.50.